The Morgan fingerprint density at radius 1 is 0.325 bits per heavy atom. The first kappa shape index (κ1) is 77.5. The molecule has 0 saturated carbocycles. The molecule has 0 amide bonds. The fraction of sp³-hybridized carbons (Fsp3) is 0.230. The first-order valence-electron chi connectivity index (χ1n) is 42.0. The summed E-state index contributed by atoms with van der Waals surface area (Å²) in [6.07, 6.45) is 6.19. The van der Waals surface area contributed by atoms with Crippen molar-refractivity contribution in [2.45, 2.75) is 163 Å². The molecule has 1 aliphatic heterocycles. The lowest BCUT2D eigenvalue weighted by Crippen LogP contribution is -2.26. The van der Waals surface area contributed by atoms with Crippen molar-refractivity contribution in [1.29, 1.82) is 0 Å². The number of aryl methyl sites for hydroxylation is 4. The van der Waals surface area contributed by atoms with E-state index >= 15 is 0 Å². The van der Waals surface area contributed by atoms with E-state index in [0.29, 0.717) is 0 Å². The molecule has 15 aromatic rings. The van der Waals surface area contributed by atoms with Crippen molar-refractivity contribution in [3.63, 3.8) is 0 Å². The maximum Gasteiger partial charge on any atom is 0.131 e. The van der Waals surface area contributed by atoms with Gasteiger partial charge in [-0.1, -0.05) is 202 Å². The van der Waals surface area contributed by atoms with Gasteiger partial charge in [0.25, 0.3) is 0 Å². The molecule has 1 spiro atoms. The molecule has 3 heterocycles. The Kier molecular flexibility index (Phi) is 20.0. The van der Waals surface area contributed by atoms with Gasteiger partial charge in [0.2, 0.25) is 0 Å². The molecule has 0 unspecified atom stereocenters. The Balaban J connectivity index is 0.000000103. The molecule has 0 bridgehead atoms. The number of hydrogen-bond acceptors (Lipinski definition) is 3. The summed E-state index contributed by atoms with van der Waals surface area (Å²) in [5.41, 5.74) is 60.0. The fourth-order valence-electron chi connectivity index (χ4n) is 20.7. The smallest absolute Gasteiger partial charge is 0.131 e. The van der Waals surface area contributed by atoms with Crippen LogP contribution in [0, 0.1) is 123 Å². The van der Waals surface area contributed by atoms with E-state index in [-0.39, 0.29) is 10.8 Å². The van der Waals surface area contributed by atoms with Crippen LogP contribution in [-0.2, 0) is 38.1 Å². The van der Waals surface area contributed by atoms with E-state index in [9.17, 15) is 0 Å². The van der Waals surface area contributed by atoms with E-state index < -0.39 is 0 Å². The fourth-order valence-corrected chi connectivity index (χ4v) is 20.7. The molecule has 2 aromatic heterocycles. The van der Waals surface area contributed by atoms with Crippen molar-refractivity contribution in [2.75, 3.05) is 0 Å². The van der Waals surface area contributed by atoms with Crippen molar-refractivity contribution >= 4 is 33.1 Å². The van der Waals surface area contributed by atoms with Gasteiger partial charge in [-0.3, -0.25) is 4.98 Å². The molecule has 13 aromatic carbocycles. The van der Waals surface area contributed by atoms with E-state index in [4.69, 9.17) is 9.47 Å². The molecule has 4 nitrogen and oxygen atoms in total. The molecule has 0 atom stereocenters. The summed E-state index contributed by atoms with van der Waals surface area (Å²) in [6, 6.07) is 84.2. The number of allylic oxidation sites excluding steroid dienone is 4. The third kappa shape index (κ3) is 12.6. The standard InChI is InChI=1S/C28H22.C25H26.C17H18.C16H16O.C15H16O.C12H10N2/c1-17-16-26-27(19(3)18(17)2)22-12-6-9-15-25(22)28(26)23-13-7-4-10-20(23)21-11-5-8-14-24(21)28;1-13-14(2)16(4)22-19(15(13)3)12-21-20-11-17-9-7-8-10-18(17)23(20)25(5,6)24(21)22;1-10-11(2)13(4)17-15-8-6-5-7-14(15)9-16(17)12(10)3;1-10-8-16-14(12(3)11(10)2)9-13-6-4-5-7-15(13)17-16;1-11-9-10-15(13(3)12(11)2)16-14-7-5-4-6-8-14;1-14-10-6-3-2-5-9(10)12-11(14)7-4-8-13-12/h4-16H,1-3H3;7-10H,11-12H2,1-6H3;5-8H,9H2,1-4H3;4-8H,9H2,1-3H3;4-10H,1-3H3;2-8H,1H3. The highest BCUT2D eigenvalue weighted by atomic mass is 16.5. The van der Waals surface area contributed by atoms with Crippen LogP contribution in [0.1, 0.15) is 175 Å². The number of pyridine rings is 1. The second-order valence-corrected chi connectivity index (χ2v) is 34.4. The monoisotopic (exact) mass is 1520 g/mol. The van der Waals surface area contributed by atoms with Crippen molar-refractivity contribution < 1.29 is 9.47 Å². The summed E-state index contributed by atoms with van der Waals surface area (Å²) < 4.78 is 14.0. The minimum Gasteiger partial charge on any atom is -0.457 e. The summed E-state index contributed by atoms with van der Waals surface area (Å²) in [7, 11) is 2.08. The Bertz CT molecular complexity index is 6580. The van der Waals surface area contributed by atoms with Gasteiger partial charge >= 0.3 is 0 Å². The number of ether oxygens (including phenoxy) is 2. The van der Waals surface area contributed by atoms with Gasteiger partial charge in [0, 0.05) is 36.0 Å². The lowest BCUT2D eigenvalue weighted by atomic mass is 9.70. The minimum atomic E-state index is -0.206. The number of hydrogen-bond donors (Lipinski definition) is 0. The van der Waals surface area contributed by atoms with E-state index in [0.717, 1.165) is 54.2 Å². The van der Waals surface area contributed by atoms with Crippen molar-refractivity contribution in [2.24, 2.45) is 12.5 Å². The Hall–Kier alpha value is -12.1. The van der Waals surface area contributed by atoms with E-state index in [1.807, 2.05) is 60.8 Å². The van der Waals surface area contributed by atoms with Gasteiger partial charge in [-0.05, 0) is 397 Å². The largest absolute Gasteiger partial charge is 0.457 e. The molecule has 117 heavy (non-hydrogen) atoms. The zero-order chi connectivity index (χ0) is 81.9. The average Bonchev–Trinajstić information content (AvgIpc) is 1.49. The zero-order valence-corrected chi connectivity index (χ0v) is 72.1. The molecule has 4 heteroatoms. The van der Waals surface area contributed by atoms with Gasteiger partial charge in [0.1, 0.15) is 23.0 Å². The lowest BCUT2D eigenvalue weighted by molar-refractivity contribution is 0.458. The number of benzene rings is 13. The number of fused-ring (bicyclic) bond motifs is 23. The third-order valence-electron chi connectivity index (χ3n) is 28.3. The summed E-state index contributed by atoms with van der Waals surface area (Å²) >= 11 is 0. The highest BCUT2D eigenvalue weighted by Crippen LogP contribution is 2.66. The van der Waals surface area contributed by atoms with Crippen LogP contribution < -0.4 is 9.47 Å². The number of aromatic nitrogens is 2. The summed E-state index contributed by atoms with van der Waals surface area (Å²) in [4.78, 5) is 4.41. The molecule has 0 saturated heterocycles. The van der Waals surface area contributed by atoms with Gasteiger partial charge in [0.15, 0.2) is 0 Å². The molecule has 582 valence electrons. The molecule has 7 aliphatic rings. The molecule has 6 aliphatic carbocycles. The quantitative estimate of drug-likeness (QED) is 0.173. The normalized spacial score (nSPS) is 14.0. The van der Waals surface area contributed by atoms with E-state index in [2.05, 4.69) is 330 Å². The second-order valence-electron chi connectivity index (χ2n) is 34.4. The van der Waals surface area contributed by atoms with Crippen LogP contribution in [0.3, 0.4) is 0 Å². The first-order valence-corrected chi connectivity index (χ1v) is 42.0. The van der Waals surface area contributed by atoms with Gasteiger partial charge in [-0.2, -0.15) is 0 Å². The number of nitrogens with zero attached hydrogens (tertiary/aromatic N) is 2. The van der Waals surface area contributed by atoms with Crippen LogP contribution in [0.15, 0.2) is 254 Å². The number of rotatable bonds is 2. The SMILES string of the molecule is Cc1c(C)c(C)c2c(c1C)CC1=C2C(C)(C)C2=C1Cc1ccccc12.Cc1c(C)c(C)c2c(c1C)Cc1ccccc1-2.Cc1cc2c(c(C)c1C)-c1ccccc1C21c2ccccc2-c2ccccc21.Cc1cc2c(c(C)c1C)Cc1ccccc1O2.Cc1ccc(Oc2ccccc2)c(C)c1C.Cn1c2ccccc2c2ncccc21. The maximum absolute atomic E-state index is 5.99. The molecule has 0 fully saturated rings. The Morgan fingerprint density at radius 2 is 0.795 bits per heavy atom. The Morgan fingerprint density at radius 3 is 1.46 bits per heavy atom. The topological polar surface area (TPSA) is 36.3 Å². The zero-order valence-electron chi connectivity index (χ0n) is 72.1. The summed E-state index contributed by atoms with van der Waals surface area (Å²) in [6.45, 7) is 42.9. The lowest BCUT2D eigenvalue weighted by Gasteiger charge is -2.31. The van der Waals surface area contributed by atoms with Crippen LogP contribution >= 0.6 is 0 Å². The van der Waals surface area contributed by atoms with Crippen LogP contribution in [0.2, 0.25) is 0 Å². The molecular weight excluding hydrogens is 1420 g/mol. The summed E-state index contributed by atoms with van der Waals surface area (Å²) in [5, 5.41) is 1.23. The van der Waals surface area contributed by atoms with Gasteiger partial charge in [-0.25, -0.2) is 0 Å². The molecule has 0 radical (unpaired) electrons. The van der Waals surface area contributed by atoms with Crippen molar-refractivity contribution in [3.8, 4) is 56.4 Å². The highest BCUT2D eigenvalue weighted by Gasteiger charge is 2.53. The van der Waals surface area contributed by atoms with Gasteiger partial charge in [0.05, 0.1) is 22.0 Å². The van der Waals surface area contributed by atoms with Crippen LogP contribution in [0.25, 0.3) is 66.5 Å². The number of para-hydroxylation sites is 3. The van der Waals surface area contributed by atoms with Gasteiger partial charge in [-0.15, -0.1) is 0 Å². The van der Waals surface area contributed by atoms with Crippen LogP contribution in [0.4, 0.5) is 0 Å². The molecular formula is C113H108N2O2. The van der Waals surface area contributed by atoms with Crippen LogP contribution in [-0.4, -0.2) is 9.55 Å². The predicted molar refractivity (Wildman–Crippen MR) is 493 cm³/mol. The van der Waals surface area contributed by atoms with E-state index in [1.165, 1.54) is 194 Å². The Labute approximate surface area is 694 Å². The van der Waals surface area contributed by atoms with Crippen molar-refractivity contribution in [3.05, 3.63) is 415 Å². The van der Waals surface area contributed by atoms with E-state index in [1.54, 1.807) is 39.0 Å². The minimum absolute atomic E-state index is 0.113. The van der Waals surface area contributed by atoms with Crippen LogP contribution in [0.5, 0.6) is 23.0 Å². The third-order valence-corrected chi connectivity index (χ3v) is 28.3. The highest BCUT2D eigenvalue weighted by molar-refractivity contribution is 6.06. The second kappa shape index (κ2) is 30.2. The van der Waals surface area contributed by atoms with Gasteiger partial charge < -0.3 is 14.0 Å². The molecule has 0 N–H and O–H groups in total. The summed E-state index contributed by atoms with van der Waals surface area (Å²) in [5.74, 6) is 3.86. The maximum atomic E-state index is 5.99. The predicted octanol–water partition coefficient (Wildman–Crippen LogP) is 29.2. The van der Waals surface area contributed by atoms with Crippen molar-refractivity contribution in [1.82, 2.24) is 9.55 Å². The molecule has 22 rings (SSSR count). The average molecular weight is 1530 g/mol. The first-order chi connectivity index (χ1) is 56.3.